The minimum absolute atomic E-state index is 0.196. The number of benzene rings is 3. The fourth-order valence-corrected chi connectivity index (χ4v) is 4.95. The van der Waals surface area contributed by atoms with Crippen molar-refractivity contribution in [2.75, 3.05) is 0 Å². The van der Waals surface area contributed by atoms with E-state index in [1.807, 2.05) is 36.4 Å². The lowest BCUT2D eigenvalue weighted by Gasteiger charge is -2.24. The number of hydrogen-bond acceptors (Lipinski definition) is 4. The monoisotopic (exact) mass is 354 g/mol. The predicted molar refractivity (Wildman–Crippen MR) is 105 cm³/mol. The largest absolute Gasteiger partial charge is 0.439 e. The minimum atomic E-state index is -0.216. The number of allylic oxidation sites excluding steroid dienone is 1. The van der Waals surface area contributed by atoms with Gasteiger partial charge in [0, 0.05) is 10.1 Å². The van der Waals surface area contributed by atoms with Gasteiger partial charge in [0.15, 0.2) is 5.75 Å². The molecule has 0 radical (unpaired) electrons. The van der Waals surface area contributed by atoms with Gasteiger partial charge in [-0.05, 0) is 28.5 Å². The average Bonchev–Trinajstić information content (AvgIpc) is 3.05. The Balaban J connectivity index is 1.86. The highest BCUT2D eigenvalue weighted by atomic mass is 32.1. The van der Waals surface area contributed by atoms with E-state index in [4.69, 9.17) is 10.5 Å². The summed E-state index contributed by atoms with van der Waals surface area (Å²) >= 11 is 1.67. The highest BCUT2D eigenvalue weighted by Crippen LogP contribution is 2.51. The summed E-state index contributed by atoms with van der Waals surface area (Å²) in [5.74, 6) is 0.758. The maximum Gasteiger partial charge on any atom is 0.205 e. The van der Waals surface area contributed by atoms with Crippen molar-refractivity contribution < 1.29 is 4.74 Å². The molecule has 1 unspecified atom stereocenters. The number of rotatable bonds is 1. The van der Waals surface area contributed by atoms with Crippen molar-refractivity contribution in [2.45, 2.75) is 5.92 Å². The Morgan fingerprint density at radius 1 is 0.923 bits per heavy atom. The molecule has 4 aromatic rings. The van der Waals surface area contributed by atoms with Crippen molar-refractivity contribution >= 4 is 32.2 Å². The summed E-state index contributed by atoms with van der Waals surface area (Å²) in [4.78, 5) is 1.04. The minimum Gasteiger partial charge on any atom is -0.439 e. The summed E-state index contributed by atoms with van der Waals surface area (Å²) in [5.41, 5.74) is 7.72. The third-order valence-corrected chi connectivity index (χ3v) is 6.08. The van der Waals surface area contributed by atoms with Gasteiger partial charge in [0.05, 0.1) is 10.8 Å². The van der Waals surface area contributed by atoms with Crippen LogP contribution in [0.15, 0.2) is 78.2 Å². The molecule has 3 aromatic carbocycles. The zero-order valence-corrected chi connectivity index (χ0v) is 14.6. The summed E-state index contributed by atoms with van der Waals surface area (Å²) in [6.07, 6.45) is 0. The number of nitrogens with zero attached hydrogens (tertiary/aromatic N) is 1. The van der Waals surface area contributed by atoms with E-state index in [2.05, 4.69) is 36.4 Å². The number of nitriles is 1. The highest BCUT2D eigenvalue weighted by Gasteiger charge is 2.34. The summed E-state index contributed by atoms with van der Waals surface area (Å²) in [6, 6.07) is 24.8. The molecule has 0 saturated carbocycles. The molecule has 0 bridgehead atoms. The molecule has 1 aliphatic heterocycles. The first-order chi connectivity index (χ1) is 12.8. The predicted octanol–water partition coefficient (Wildman–Crippen LogP) is 5.27. The molecule has 124 valence electrons. The van der Waals surface area contributed by atoms with Gasteiger partial charge >= 0.3 is 0 Å². The van der Waals surface area contributed by atoms with Crippen molar-refractivity contribution in [1.29, 1.82) is 5.26 Å². The van der Waals surface area contributed by atoms with Crippen LogP contribution in [0.4, 0.5) is 0 Å². The van der Waals surface area contributed by atoms with Crippen molar-refractivity contribution in [2.24, 2.45) is 5.73 Å². The van der Waals surface area contributed by atoms with Gasteiger partial charge in [0.1, 0.15) is 11.6 Å². The second-order valence-corrected chi connectivity index (χ2v) is 7.37. The topological polar surface area (TPSA) is 59.0 Å². The molecule has 1 atom stereocenters. The van der Waals surface area contributed by atoms with Crippen LogP contribution in [0.5, 0.6) is 5.75 Å². The maximum absolute atomic E-state index is 9.80. The Labute approximate surface area is 154 Å². The SMILES string of the molecule is N#CC1=C(N)Oc2c(sc3ccccc23)C1c1cccc2ccccc12. The molecular weight excluding hydrogens is 340 g/mol. The zero-order chi connectivity index (χ0) is 17.7. The molecule has 0 aliphatic carbocycles. The third kappa shape index (κ3) is 2.05. The van der Waals surface area contributed by atoms with E-state index in [-0.39, 0.29) is 11.8 Å². The number of fused-ring (bicyclic) bond motifs is 4. The van der Waals surface area contributed by atoms with Crippen molar-refractivity contribution in [3.63, 3.8) is 0 Å². The lowest BCUT2D eigenvalue weighted by atomic mass is 9.85. The molecule has 5 rings (SSSR count). The van der Waals surface area contributed by atoms with E-state index >= 15 is 0 Å². The quantitative estimate of drug-likeness (QED) is 0.506. The second kappa shape index (κ2) is 5.62. The average molecular weight is 354 g/mol. The summed E-state index contributed by atoms with van der Waals surface area (Å²) < 4.78 is 7.03. The fourth-order valence-electron chi connectivity index (χ4n) is 3.69. The Hall–Kier alpha value is -3.29. The van der Waals surface area contributed by atoms with Gasteiger partial charge in [-0.3, -0.25) is 0 Å². The van der Waals surface area contributed by atoms with Crippen LogP contribution in [0.1, 0.15) is 16.4 Å². The van der Waals surface area contributed by atoms with E-state index in [0.717, 1.165) is 37.0 Å². The highest BCUT2D eigenvalue weighted by molar-refractivity contribution is 7.19. The van der Waals surface area contributed by atoms with Gasteiger partial charge in [-0.15, -0.1) is 11.3 Å². The number of ether oxygens (including phenoxy) is 1. The molecule has 0 fully saturated rings. The molecule has 4 heteroatoms. The van der Waals surface area contributed by atoms with Crippen molar-refractivity contribution in [3.8, 4) is 11.8 Å². The second-order valence-electron chi connectivity index (χ2n) is 6.28. The molecule has 0 saturated heterocycles. The van der Waals surface area contributed by atoms with Gasteiger partial charge in [0.2, 0.25) is 5.88 Å². The zero-order valence-electron chi connectivity index (χ0n) is 13.8. The molecule has 0 spiro atoms. The number of thiophene rings is 1. The normalized spacial score (nSPS) is 16.3. The number of nitrogens with two attached hydrogens (primary N) is 1. The summed E-state index contributed by atoms with van der Waals surface area (Å²) in [5, 5.41) is 13.1. The van der Waals surface area contributed by atoms with E-state index in [9.17, 15) is 5.26 Å². The summed E-state index contributed by atoms with van der Waals surface area (Å²) in [7, 11) is 0. The number of hydrogen-bond donors (Lipinski definition) is 1. The van der Waals surface area contributed by atoms with Crippen LogP contribution in [-0.2, 0) is 0 Å². The lowest BCUT2D eigenvalue weighted by Crippen LogP contribution is -2.19. The van der Waals surface area contributed by atoms with Crippen LogP contribution in [0, 0.1) is 11.3 Å². The van der Waals surface area contributed by atoms with Crippen LogP contribution in [-0.4, -0.2) is 0 Å². The Morgan fingerprint density at radius 3 is 2.50 bits per heavy atom. The van der Waals surface area contributed by atoms with E-state index in [0.29, 0.717) is 5.57 Å². The van der Waals surface area contributed by atoms with Crippen LogP contribution in [0.2, 0.25) is 0 Å². The van der Waals surface area contributed by atoms with Gasteiger partial charge < -0.3 is 10.5 Å². The first-order valence-electron chi connectivity index (χ1n) is 8.34. The van der Waals surface area contributed by atoms with Crippen LogP contribution < -0.4 is 10.5 Å². The molecule has 3 nitrogen and oxygen atoms in total. The summed E-state index contributed by atoms with van der Waals surface area (Å²) in [6.45, 7) is 0. The molecule has 2 heterocycles. The Morgan fingerprint density at radius 2 is 1.65 bits per heavy atom. The lowest BCUT2D eigenvalue weighted by molar-refractivity contribution is 0.402. The van der Waals surface area contributed by atoms with Crippen molar-refractivity contribution in [1.82, 2.24) is 0 Å². The van der Waals surface area contributed by atoms with E-state index in [1.165, 1.54) is 0 Å². The first kappa shape index (κ1) is 15.0. The smallest absolute Gasteiger partial charge is 0.205 e. The van der Waals surface area contributed by atoms with Crippen LogP contribution in [0.3, 0.4) is 0 Å². The first-order valence-corrected chi connectivity index (χ1v) is 9.16. The standard InChI is InChI=1S/C22H14N2OS/c23-12-17-19(15-10-5-7-13-6-1-2-8-14(13)15)21-20(25-22(17)24)16-9-3-4-11-18(16)26-21/h1-11,19H,24H2. The Bertz CT molecular complexity index is 1240. The van der Waals surface area contributed by atoms with Gasteiger partial charge in [-0.1, -0.05) is 54.6 Å². The fraction of sp³-hybridized carbons (Fsp3) is 0.0455. The molecule has 26 heavy (non-hydrogen) atoms. The molecular formula is C22H14N2OS. The Kier molecular flexibility index (Phi) is 3.24. The van der Waals surface area contributed by atoms with Gasteiger partial charge in [-0.2, -0.15) is 5.26 Å². The van der Waals surface area contributed by atoms with E-state index < -0.39 is 0 Å². The molecule has 2 N–H and O–H groups in total. The van der Waals surface area contributed by atoms with Crippen LogP contribution in [0.25, 0.3) is 20.9 Å². The third-order valence-electron chi connectivity index (χ3n) is 4.86. The van der Waals surface area contributed by atoms with Gasteiger partial charge in [-0.25, -0.2) is 0 Å². The van der Waals surface area contributed by atoms with Crippen molar-refractivity contribution in [3.05, 3.63) is 88.6 Å². The van der Waals surface area contributed by atoms with Gasteiger partial charge in [0.25, 0.3) is 0 Å². The van der Waals surface area contributed by atoms with Crippen LogP contribution >= 0.6 is 11.3 Å². The maximum atomic E-state index is 9.80. The molecule has 1 aromatic heterocycles. The molecule has 0 amide bonds. The molecule has 1 aliphatic rings. The van der Waals surface area contributed by atoms with E-state index in [1.54, 1.807) is 11.3 Å².